The fourth-order valence-electron chi connectivity index (χ4n) is 6.11. The molecule has 0 radical (unpaired) electrons. The number of fused-ring (bicyclic) bond motifs is 4. The summed E-state index contributed by atoms with van der Waals surface area (Å²) in [7, 11) is 1.78. The highest BCUT2D eigenvalue weighted by molar-refractivity contribution is 9.10. The van der Waals surface area contributed by atoms with Gasteiger partial charge in [-0.05, 0) is 85.9 Å². The van der Waals surface area contributed by atoms with Crippen molar-refractivity contribution in [3.63, 3.8) is 0 Å². The Morgan fingerprint density at radius 1 is 1.20 bits per heavy atom. The number of rotatable bonds is 4. The summed E-state index contributed by atoms with van der Waals surface area (Å²) in [5, 5.41) is 1.41. The first-order valence-electron chi connectivity index (χ1n) is 11.3. The van der Waals surface area contributed by atoms with Crippen LogP contribution >= 0.6 is 15.9 Å². The zero-order chi connectivity index (χ0) is 20.3. The van der Waals surface area contributed by atoms with Crippen molar-refractivity contribution >= 4 is 26.8 Å². The predicted molar refractivity (Wildman–Crippen MR) is 125 cm³/mol. The second kappa shape index (κ2) is 7.13. The minimum Gasteiger partial charge on any atom is -0.497 e. The Balaban J connectivity index is 1.44. The van der Waals surface area contributed by atoms with Crippen molar-refractivity contribution in [3.05, 3.63) is 63.8 Å². The molecule has 0 amide bonds. The van der Waals surface area contributed by atoms with Crippen molar-refractivity contribution in [2.45, 2.75) is 37.5 Å². The van der Waals surface area contributed by atoms with Crippen molar-refractivity contribution in [1.29, 1.82) is 0 Å². The number of H-pyrrole nitrogens is 1. The molecular weight excluding hydrogens is 436 g/mol. The van der Waals surface area contributed by atoms with Crippen LogP contribution in [-0.4, -0.2) is 36.6 Å². The van der Waals surface area contributed by atoms with Gasteiger partial charge in [-0.25, -0.2) is 0 Å². The fraction of sp³-hybridized carbons (Fsp3) is 0.462. The summed E-state index contributed by atoms with van der Waals surface area (Å²) in [6.45, 7) is 3.74. The van der Waals surface area contributed by atoms with Gasteiger partial charge in [0.05, 0.1) is 7.11 Å². The van der Waals surface area contributed by atoms with Crippen LogP contribution in [-0.2, 0) is 18.3 Å². The molecule has 2 heterocycles. The number of ether oxygens (including phenoxy) is 1. The van der Waals surface area contributed by atoms with Gasteiger partial charge in [0.2, 0.25) is 0 Å². The topological polar surface area (TPSA) is 28.3 Å². The molecule has 156 valence electrons. The van der Waals surface area contributed by atoms with Gasteiger partial charge in [-0.2, -0.15) is 0 Å². The molecule has 2 fully saturated rings. The van der Waals surface area contributed by atoms with Gasteiger partial charge in [-0.15, -0.1) is 0 Å². The maximum atomic E-state index is 5.61. The number of piperidine rings is 1. The van der Waals surface area contributed by atoms with Crippen LogP contribution in [0.25, 0.3) is 10.9 Å². The number of methoxy groups -OCH3 is 1. The van der Waals surface area contributed by atoms with E-state index in [-0.39, 0.29) is 5.41 Å². The molecule has 2 unspecified atom stereocenters. The highest BCUT2D eigenvalue weighted by atomic mass is 79.9. The summed E-state index contributed by atoms with van der Waals surface area (Å²) >= 11 is 3.65. The lowest BCUT2D eigenvalue weighted by atomic mass is 9.58. The van der Waals surface area contributed by atoms with Crippen LogP contribution in [0.5, 0.6) is 5.75 Å². The van der Waals surface area contributed by atoms with Crippen LogP contribution in [0.2, 0.25) is 0 Å². The number of halogens is 1. The quantitative estimate of drug-likeness (QED) is 0.535. The number of hydrogen-bond acceptors (Lipinski definition) is 2. The molecule has 6 rings (SSSR count). The molecule has 1 saturated carbocycles. The summed E-state index contributed by atoms with van der Waals surface area (Å²) in [5.74, 6) is 2.58. The van der Waals surface area contributed by atoms with Crippen LogP contribution in [0.1, 0.15) is 36.1 Å². The van der Waals surface area contributed by atoms with E-state index in [9.17, 15) is 0 Å². The maximum Gasteiger partial charge on any atom is 0.119 e. The van der Waals surface area contributed by atoms with Crippen LogP contribution in [0.15, 0.2) is 46.9 Å². The molecule has 3 aromatic rings. The minimum absolute atomic E-state index is 0.194. The van der Waals surface area contributed by atoms with E-state index in [0.717, 1.165) is 29.0 Å². The number of nitrogens with zero attached hydrogens (tertiary/aromatic N) is 1. The van der Waals surface area contributed by atoms with Crippen LogP contribution in [0.3, 0.4) is 0 Å². The van der Waals surface area contributed by atoms with Gasteiger partial charge in [0.1, 0.15) is 5.75 Å². The molecule has 2 atom stereocenters. The molecule has 1 aromatic heterocycles. The SMILES string of the molecule is COc1cccc(C23CCN(CC4CC4)CC2Cc2c([nH]c4cc(Br)ccc24)C3)c1. The second-order valence-electron chi connectivity index (χ2n) is 9.69. The number of aromatic amines is 1. The zero-order valence-electron chi connectivity index (χ0n) is 17.6. The number of hydrogen-bond donors (Lipinski definition) is 1. The molecular formula is C26H29BrN2O. The molecule has 30 heavy (non-hydrogen) atoms. The smallest absolute Gasteiger partial charge is 0.119 e. The molecule has 2 aliphatic carbocycles. The Kier molecular flexibility index (Phi) is 4.50. The third kappa shape index (κ3) is 3.11. The normalized spacial score (nSPS) is 26.4. The first-order valence-corrected chi connectivity index (χ1v) is 12.1. The lowest BCUT2D eigenvalue weighted by Crippen LogP contribution is -2.54. The summed E-state index contributed by atoms with van der Waals surface area (Å²) in [5.41, 5.74) is 5.92. The van der Waals surface area contributed by atoms with Crippen molar-refractivity contribution in [1.82, 2.24) is 9.88 Å². The number of benzene rings is 2. The molecule has 3 aliphatic rings. The van der Waals surface area contributed by atoms with E-state index in [2.05, 4.69) is 68.3 Å². The van der Waals surface area contributed by atoms with Gasteiger partial charge >= 0.3 is 0 Å². The lowest BCUT2D eigenvalue weighted by Gasteiger charge is -2.51. The molecule has 2 aromatic carbocycles. The molecule has 1 N–H and O–H groups in total. The molecule has 1 aliphatic heterocycles. The lowest BCUT2D eigenvalue weighted by molar-refractivity contribution is 0.0783. The minimum atomic E-state index is 0.194. The van der Waals surface area contributed by atoms with Gasteiger partial charge < -0.3 is 14.6 Å². The molecule has 1 saturated heterocycles. The van der Waals surface area contributed by atoms with E-state index in [1.807, 2.05) is 0 Å². The average molecular weight is 465 g/mol. The monoisotopic (exact) mass is 464 g/mol. The summed E-state index contributed by atoms with van der Waals surface area (Å²) < 4.78 is 6.75. The summed E-state index contributed by atoms with van der Waals surface area (Å²) in [6, 6.07) is 15.6. The van der Waals surface area contributed by atoms with Crippen LogP contribution in [0, 0.1) is 11.8 Å². The van der Waals surface area contributed by atoms with Gasteiger partial charge in [-0.1, -0.05) is 34.1 Å². The molecule has 0 bridgehead atoms. The van der Waals surface area contributed by atoms with Crippen LogP contribution in [0.4, 0.5) is 0 Å². The third-order valence-corrected chi connectivity index (χ3v) is 8.38. The van der Waals surface area contributed by atoms with E-state index in [0.29, 0.717) is 5.92 Å². The van der Waals surface area contributed by atoms with Gasteiger partial charge in [-0.3, -0.25) is 0 Å². The number of aromatic nitrogens is 1. The van der Waals surface area contributed by atoms with E-state index in [4.69, 9.17) is 4.74 Å². The molecule has 4 heteroatoms. The zero-order valence-corrected chi connectivity index (χ0v) is 19.2. The summed E-state index contributed by atoms with van der Waals surface area (Å²) in [4.78, 5) is 6.55. The van der Waals surface area contributed by atoms with Gasteiger partial charge in [0, 0.05) is 39.6 Å². The standard InChI is InChI=1S/C26H29BrN2O/c1-30-21-4-2-3-18(11-21)26-9-10-29(15-17-5-6-17)16-19(26)12-23-22-8-7-20(27)13-24(22)28-25(23)14-26/h2-4,7-8,11,13,17,19,28H,5-6,9-10,12,14-16H2,1H3. The van der Waals surface area contributed by atoms with E-state index < -0.39 is 0 Å². The van der Waals surface area contributed by atoms with Crippen molar-refractivity contribution < 1.29 is 4.74 Å². The fourth-order valence-corrected chi connectivity index (χ4v) is 6.47. The van der Waals surface area contributed by atoms with Crippen molar-refractivity contribution in [3.8, 4) is 5.75 Å². The van der Waals surface area contributed by atoms with Gasteiger partial charge in [0.25, 0.3) is 0 Å². The first kappa shape index (κ1) is 18.9. The van der Waals surface area contributed by atoms with Gasteiger partial charge in [0.15, 0.2) is 0 Å². The number of likely N-dealkylation sites (tertiary alicyclic amines) is 1. The maximum absolute atomic E-state index is 5.61. The largest absolute Gasteiger partial charge is 0.497 e. The third-order valence-electron chi connectivity index (χ3n) is 7.89. The highest BCUT2D eigenvalue weighted by Gasteiger charge is 2.48. The van der Waals surface area contributed by atoms with E-state index in [1.54, 1.807) is 12.7 Å². The average Bonchev–Trinajstić information content (AvgIpc) is 3.51. The Morgan fingerprint density at radius 3 is 2.93 bits per heavy atom. The van der Waals surface area contributed by atoms with Crippen molar-refractivity contribution in [2.75, 3.05) is 26.7 Å². The first-order chi connectivity index (χ1) is 14.6. The Bertz CT molecular complexity index is 1100. The predicted octanol–water partition coefficient (Wildman–Crippen LogP) is 5.71. The van der Waals surface area contributed by atoms with E-state index >= 15 is 0 Å². The number of nitrogens with one attached hydrogen (secondary N) is 1. The highest BCUT2D eigenvalue weighted by Crippen LogP contribution is 2.50. The second-order valence-corrected chi connectivity index (χ2v) is 10.6. The Labute approximate surface area is 186 Å². The Morgan fingerprint density at radius 2 is 2.10 bits per heavy atom. The molecule has 0 spiro atoms. The summed E-state index contributed by atoms with van der Waals surface area (Å²) in [6.07, 6.45) is 6.36. The van der Waals surface area contributed by atoms with Crippen LogP contribution < -0.4 is 4.74 Å². The molecule has 3 nitrogen and oxygen atoms in total. The van der Waals surface area contributed by atoms with Crippen molar-refractivity contribution in [2.24, 2.45) is 11.8 Å². The van der Waals surface area contributed by atoms with E-state index in [1.165, 1.54) is 61.1 Å². The Hall–Kier alpha value is -1.78.